The maximum Gasteiger partial charge on any atom is 0.0456 e. The van der Waals surface area contributed by atoms with Gasteiger partial charge < -0.3 is 10.3 Å². The Hall–Kier alpha value is -0.930. The van der Waals surface area contributed by atoms with Crippen molar-refractivity contribution in [3.63, 3.8) is 0 Å². The van der Waals surface area contributed by atoms with Gasteiger partial charge >= 0.3 is 0 Å². The van der Waals surface area contributed by atoms with Crippen LogP contribution >= 0.6 is 11.8 Å². The largest absolute Gasteiger partial charge is 0.361 e. The van der Waals surface area contributed by atoms with E-state index in [0.29, 0.717) is 0 Å². The molecule has 96 valence electrons. The molecule has 1 aliphatic rings. The maximum atomic E-state index is 3.42. The molecule has 0 radical (unpaired) electrons. The van der Waals surface area contributed by atoms with Gasteiger partial charge in [-0.1, -0.05) is 18.2 Å². The fraction of sp³-hybridized carbons (Fsp3) is 0.467. The van der Waals surface area contributed by atoms with E-state index < -0.39 is 0 Å². The molecule has 1 saturated heterocycles. The molecule has 2 nitrogen and oxygen atoms in total. The number of nitrogens with one attached hydrogen (secondary N) is 2. The zero-order chi connectivity index (χ0) is 12.2. The Labute approximate surface area is 113 Å². The first kappa shape index (κ1) is 12.1. The number of thioether (sulfide) groups is 1. The molecule has 18 heavy (non-hydrogen) atoms. The van der Waals surface area contributed by atoms with Crippen molar-refractivity contribution in [3.8, 4) is 0 Å². The van der Waals surface area contributed by atoms with Gasteiger partial charge in [-0.2, -0.15) is 11.8 Å². The van der Waals surface area contributed by atoms with E-state index in [-0.39, 0.29) is 0 Å². The van der Waals surface area contributed by atoms with Crippen molar-refractivity contribution in [3.05, 3.63) is 36.0 Å². The molecule has 0 amide bonds. The minimum Gasteiger partial charge on any atom is -0.361 e. The zero-order valence-corrected chi connectivity index (χ0v) is 11.4. The summed E-state index contributed by atoms with van der Waals surface area (Å²) in [4.78, 5) is 3.36. The number of piperidine rings is 1. The molecule has 1 aromatic heterocycles. The van der Waals surface area contributed by atoms with E-state index in [4.69, 9.17) is 0 Å². The lowest BCUT2D eigenvalue weighted by molar-refractivity contribution is 0.531. The molecule has 0 unspecified atom stereocenters. The summed E-state index contributed by atoms with van der Waals surface area (Å²) in [5.41, 5.74) is 2.73. The van der Waals surface area contributed by atoms with Crippen LogP contribution in [0.5, 0.6) is 0 Å². The second kappa shape index (κ2) is 5.81. The summed E-state index contributed by atoms with van der Waals surface area (Å²) in [7, 11) is 0. The molecular weight excluding hydrogens is 240 g/mol. The van der Waals surface area contributed by atoms with Gasteiger partial charge in [0.2, 0.25) is 0 Å². The van der Waals surface area contributed by atoms with Crippen LogP contribution in [-0.2, 0) is 6.42 Å². The number of fused-ring (bicyclic) bond motifs is 1. The molecule has 0 saturated carbocycles. The third kappa shape index (κ3) is 2.73. The van der Waals surface area contributed by atoms with E-state index >= 15 is 0 Å². The Morgan fingerprint density at radius 1 is 1.17 bits per heavy atom. The van der Waals surface area contributed by atoms with Crippen LogP contribution in [-0.4, -0.2) is 29.1 Å². The number of rotatable bonds is 4. The SMILES string of the molecule is c1ccc2c(CCSC3CCNCC3)c[nH]c2c1. The van der Waals surface area contributed by atoms with E-state index in [2.05, 4.69) is 52.5 Å². The van der Waals surface area contributed by atoms with Crippen LogP contribution in [0.1, 0.15) is 18.4 Å². The number of H-pyrrole nitrogens is 1. The molecule has 1 aromatic carbocycles. The van der Waals surface area contributed by atoms with Crippen LogP contribution in [0.15, 0.2) is 30.5 Å². The minimum absolute atomic E-state index is 0.872. The first-order valence-corrected chi connectivity index (χ1v) is 7.85. The summed E-state index contributed by atoms with van der Waals surface area (Å²) in [6.45, 7) is 2.40. The van der Waals surface area contributed by atoms with Crippen LogP contribution in [0.4, 0.5) is 0 Å². The van der Waals surface area contributed by atoms with Crippen LogP contribution < -0.4 is 5.32 Å². The molecule has 2 aromatic rings. The second-order valence-corrected chi connectivity index (χ2v) is 6.34. The highest BCUT2D eigenvalue weighted by molar-refractivity contribution is 7.99. The highest BCUT2D eigenvalue weighted by atomic mass is 32.2. The standard InChI is InChI=1S/C15H20N2S/c1-2-4-15-14(3-1)12(11-17-15)7-10-18-13-5-8-16-9-6-13/h1-4,11,13,16-17H,5-10H2. The molecule has 2 heterocycles. The van der Waals surface area contributed by atoms with Gasteiger partial charge in [-0.25, -0.2) is 0 Å². The molecule has 0 spiro atoms. The highest BCUT2D eigenvalue weighted by Crippen LogP contribution is 2.23. The lowest BCUT2D eigenvalue weighted by atomic mass is 10.1. The van der Waals surface area contributed by atoms with Crippen molar-refractivity contribution in [2.75, 3.05) is 18.8 Å². The van der Waals surface area contributed by atoms with Gasteiger partial charge in [0.15, 0.2) is 0 Å². The molecule has 1 aliphatic heterocycles. The second-order valence-electron chi connectivity index (χ2n) is 4.93. The summed E-state index contributed by atoms with van der Waals surface area (Å²) >= 11 is 2.15. The van der Waals surface area contributed by atoms with Crippen LogP contribution in [0.3, 0.4) is 0 Å². The Kier molecular flexibility index (Phi) is 3.91. The minimum atomic E-state index is 0.872. The predicted molar refractivity (Wildman–Crippen MR) is 80.4 cm³/mol. The topological polar surface area (TPSA) is 27.8 Å². The highest BCUT2D eigenvalue weighted by Gasteiger charge is 2.13. The lowest BCUT2D eigenvalue weighted by Gasteiger charge is -2.21. The Balaban J connectivity index is 1.56. The quantitative estimate of drug-likeness (QED) is 0.883. The molecule has 3 heteroatoms. The first-order chi connectivity index (χ1) is 8.93. The fourth-order valence-electron chi connectivity index (χ4n) is 2.64. The maximum absolute atomic E-state index is 3.42. The van der Waals surface area contributed by atoms with Crippen LogP contribution in [0.25, 0.3) is 10.9 Å². The third-order valence-electron chi connectivity index (χ3n) is 3.69. The number of para-hydroxylation sites is 1. The lowest BCUT2D eigenvalue weighted by Crippen LogP contribution is -2.29. The molecule has 0 atom stereocenters. The predicted octanol–water partition coefficient (Wildman–Crippen LogP) is 3.20. The molecular formula is C15H20N2S. The average Bonchev–Trinajstić information content (AvgIpc) is 2.84. The first-order valence-electron chi connectivity index (χ1n) is 6.81. The molecule has 0 aliphatic carbocycles. The number of hydrogen-bond donors (Lipinski definition) is 2. The number of hydrogen-bond acceptors (Lipinski definition) is 2. The Morgan fingerprint density at radius 2 is 2.00 bits per heavy atom. The number of aromatic nitrogens is 1. The van der Waals surface area contributed by atoms with Gasteiger partial charge in [-0.3, -0.25) is 0 Å². The molecule has 2 N–H and O–H groups in total. The van der Waals surface area contributed by atoms with Crippen molar-refractivity contribution >= 4 is 22.7 Å². The van der Waals surface area contributed by atoms with Gasteiger partial charge in [0.1, 0.15) is 0 Å². The van der Waals surface area contributed by atoms with E-state index in [1.807, 2.05) is 0 Å². The van der Waals surface area contributed by atoms with Crippen LogP contribution in [0, 0.1) is 0 Å². The fourth-order valence-corrected chi connectivity index (χ4v) is 3.88. The molecule has 3 rings (SSSR count). The Bertz CT molecular complexity index is 500. The number of benzene rings is 1. The normalized spacial score (nSPS) is 17.3. The number of aromatic amines is 1. The van der Waals surface area contributed by atoms with Crippen molar-refractivity contribution < 1.29 is 0 Å². The Morgan fingerprint density at radius 3 is 2.89 bits per heavy atom. The smallest absolute Gasteiger partial charge is 0.0456 e. The van der Waals surface area contributed by atoms with E-state index in [9.17, 15) is 0 Å². The van der Waals surface area contributed by atoms with Crippen LogP contribution in [0.2, 0.25) is 0 Å². The van der Waals surface area contributed by atoms with E-state index in [0.717, 1.165) is 5.25 Å². The van der Waals surface area contributed by atoms with E-state index in [1.165, 1.54) is 54.6 Å². The monoisotopic (exact) mass is 260 g/mol. The van der Waals surface area contributed by atoms with Crippen molar-refractivity contribution in [1.82, 2.24) is 10.3 Å². The molecule has 1 fully saturated rings. The summed E-state index contributed by atoms with van der Waals surface area (Å²) in [5, 5.41) is 5.69. The van der Waals surface area contributed by atoms with E-state index in [1.54, 1.807) is 0 Å². The van der Waals surface area contributed by atoms with Gasteiger partial charge in [0, 0.05) is 22.3 Å². The van der Waals surface area contributed by atoms with Gasteiger partial charge in [0.25, 0.3) is 0 Å². The average molecular weight is 260 g/mol. The van der Waals surface area contributed by atoms with Crippen molar-refractivity contribution in [2.24, 2.45) is 0 Å². The zero-order valence-electron chi connectivity index (χ0n) is 10.6. The van der Waals surface area contributed by atoms with Gasteiger partial charge in [-0.15, -0.1) is 0 Å². The summed E-state index contributed by atoms with van der Waals surface area (Å²) in [6.07, 6.45) is 6.02. The summed E-state index contributed by atoms with van der Waals surface area (Å²) < 4.78 is 0. The third-order valence-corrected chi connectivity index (χ3v) is 5.07. The van der Waals surface area contributed by atoms with Crippen molar-refractivity contribution in [1.29, 1.82) is 0 Å². The molecule has 0 bridgehead atoms. The van der Waals surface area contributed by atoms with Gasteiger partial charge in [-0.05, 0) is 49.7 Å². The van der Waals surface area contributed by atoms with Gasteiger partial charge in [0.05, 0.1) is 0 Å². The summed E-state index contributed by atoms with van der Waals surface area (Å²) in [5.74, 6) is 1.24. The van der Waals surface area contributed by atoms with Crippen molar-refractivity contribution in [2.45, 2.75) is 24.5 Å². The summed E-state index contributed by atoms with van der Waals surface area (Å²) in [6, 6.07) is 8.58. The number of aryl methyl sites for hydroxylation is 1.